The first-order valence-electron chi connectivity index (χ1n) is 4.45. The average molecular weight is 302 g/mol. The van der Waals surface area contributed by atoms with Crippen molar-refractivity contribution in [1.82, 2.24) is 4.98 Å². The third-order valence-electron chi connectivity index (χ3n) is 2.13. The molecule has 1 heterocycles. The summed E-state index contributed by atoms with van der Waals surface area (Å²) in [6, 6.07) is 6.61. The maximum Gasteiger partial charge on any atom is 0.150 e. The number of anilines is 1. The Labute approximate surface area is 105 Å². The largest absolute Gasteiger partial charge is 0.384 e. The molecule has 5 heteroatoms. The number of nitrogens with zero attached hydrogens (tertiary/aromatic N) is 1. The van der Waals surface area contributed by atoms with Gasteiger partial charge in [0.05, 0.1) is 5.02 Å². The minimum atomic E-state index is -0.471. The zero-order chi connectivity index (χ0) is 11.7. The molecular weight excluding hydrogens is 294 g/mol. The molecule has 2 rings (SSSR count). The summed E-state index contributed by atoms with van der Waals surface area (Å²) in [7, 11) is 0. The van der Waals surface area contributed by atoms with Crippen LogP contribution < -0.4 is 5.73 Å². The SMILES string of the molecule is Nc1cc(-c2ccc(Br)c(Cl)c2F)ccn1. The van der Waals surface area contributed by atoms with Gasteiger partial charge in [-0.05, 0) is 39.7 Å². The Kier molecular flexibility index (Phi) is 3.12. The Bertz CT molecular complexity index is 546. The average Bonchev–Trinajstić information content (AvgIpc) is 2.26. The molecule has 0 fully saturated rings. The summed E-state index contributed by atoms with van der Waals surface area (Å²) in [5, 5.41) is 0.0629. The van der Waals surface area contributed by atoms with Gasteiger partial charge in [-0.25, -0.2) is 9.37 Å². The van der Waals surface area contributed by atoms with Crippen LogP contribution in [0.4, 0.5) is 10.2 Å². The maximum absolute atomic E-state index is 13.9. The van der Waals surface area contributed by atoms with E-state index in [0.29, 0.717) is 21.4 Å². The van der Waals surface area contributed by atoms with Crippen molar-refractivity contribution in [3.63, 3.8) is 0 Å². The van der Waals surface area contributed by atoms with E-state index >= 15 is 0 Å². The molecule has 0 aliphatic heterocycles. The molecule has 0 aliphatic carbocycles. The first-order chi connectivity index (χ1) is 7.59. The number of aromatic nitrogens is 1. The highest BCUT2D eigenvalue weighted by Crippen LogP contribution is 2.33. The fourth-order valence-corrected chi connectivity index (χ4v) is 1.84. The summed E-state index contributed by atoms with van der Waals surface area (Å²) in [6.45, 7) is 0. The van der Waals surface area contributed by atoms with Crippen molar-refractivity contribution in [2.45, 2.75) is 0 Å². The van der Waals surface area contributed by atoms with Gasteiger partial charge < -0.3 is 5.73 Å². The first kappa shape index (κ1) is 11.4. The van der Waals surface area contributed by atoms with Gasteiger partial charge in [-0.3, -0.25) is 0 Å². The van der Waals surface area contributed by atoms with Gasteiger partial charge >= 0.3 is 0 Å². The van der Waals surface area contributed by atoms with E-state index in [1.54, 1.807) is 24.3 Å². The van der Waals surface area contributed by atoms with E-state index < -0.39 is 5.82 Å². The van der Waals surface area contributed by atoms with E-state index in [1.165, 1.54) is 6.20 Å². The molecule has 0 radical (unpaired) electrons. The van der Waals surface area contributed by atoms with Crippen LogP contribution >= 0.6 is 27.5 Å². The number of pyridine rings is 1. The summed E-state index contributed by atoms with van der Waals surface area (Å²) in [4.78, 5) is 3.85. The number of nitrogen functional groups attached to an aromatic ring is 1. The molecule has 0 saturated heterocycles. The topological polar surface area (TPSA) is 38.9 Å². The summed E-state index contributed by atoms with van der Waals surface area (Å²) in [5.74, 6) is -0.127. The molecule has 0 amide bonds. The molecule has 16 heavy (non-hydrogen) atoms. The summed E-state index contributed by atoms with van der Waals surface area (Å²) >= 11 is 8.96. The predicted octanol–water partition coefficient (Wildman–Crippen LogP) is 3.89. The van der Waals surface area contributed by atoms with Crippen LogP contribution in [0.25, 0.3) is 11.1 Å². The molecule has 1 aromatic carbocycles. The van der Waals surface area contributed by atoms with Crippen LogP contribution in [0.2, 0.25) is 5.02 Å². The van der Waals surface area contributed by atoms with Crippen LogP contribution in [0.1, 0.15) is 0 Å². The standard InChI is InChI=1S/C11H7BrClFN2/c12-8-2-1-7(11(14)10(8)13)6-3-4-16-9(15)5-6/h1-5H,(H2,15,16). The number of halogens is 3. The third-order valence-corrected chi connectivity index (χ3v) is 3.39. The van der Waals surface area contributed by atoms with Crippen LogP contribution in [0.15, 0.2) is 34.9 Å². The lowest BCUT2D eigenvalue weighted by Gasteiger charge is -2.06. The van der Waals surface area contributed by atoms with E-state index in [2.05, 4.69) is 20.9 Å². The summed E-state index contributed by atoms with van der Waals surface area (Å²) in [6.07, 6.45) is 1.53. The zero-order valence-electron chi connectivity index (χ0n) is 8.05. The monoisotopic (exact) mass is 300 g/mol. The van der Waals surface area contributed by atoms with E-state index in [-0.39, 0.29) is 5.02 Å². The highest BCUT2D eigenvalue weighted by molar-refractivity contribution is 9.10. The lowest BCUT2D eigenvalue weighted by molar-refractivity contribution is 0.631. The maximum atomic E-state index is 13.9. The van der Waals surface area contributed by atoms with Crippen LogP contribution in [0.3, 0.4) is 0 Å². The van der Waals surface area contributed by atoms with Crippen molar-refractivity contribution in [1.29, 1.82) is 0 Å². The molecule has 0 unspecified atom stereocenters. The van der Waals surface area contributed by atoms with Crippen molar-refractivity contribution >= 4 is 33.3 Å². The molecular formula is C11H7BrClFN2. The van der Waals surface area contributed by atoms with Gasteiger partial charge in [-0.2, -0.15) is 0 Å². The Morgan fingerprint density at radius 3 is 2.75 bits per heavy atom. The molecule has 1 aromatic heterocycles. The van der Waals surface area contributed by atoms with Gasteiger partial charge in [0.25, 0.3) is 0 Å². The smallest absolute Gasteiger partial charge is 0.150 e. The number of rotatable bonds is 1. The number of hydrogen-bond donors (Lipinski definition) is 1. The molecule has 0 atom stereocenters. The van der Waals surface area contributed by atoms with Crippen LogP contribution in [-0.4, -0.2) is 4.98 Å². The van der Waals surface area contributed by atoms with Gasteiger partial charge in [0.1, 0.15) is 5.82 Å². The highest BCUT2D eigenvalue weighted by atomic mass is 79.9. The second-order valence-electron chi connectivity index (χ2n) is 3.19. The van der Waals surface area contributed by atoms with Crippen molar-refractivity contribution in [3.8, 4) is 11.1 Å². The van der Waals surface area contributed by atoms with Crippen molar-refractivity contribution in [2.75, 3.05) is 5.73 Å². The van der Waals surface area contributed by atoms with E-state index in [1.807, 2.05) is 0 Å². The summed E-state index contributed by atoms with van der Waals surface area (Å²) in [5.41, 5.74) is 6.60. The second kappa shape index (κ2) is 4.39. The van der Waals surface area contributed by atoms with Crippen molar-refractivity contribution in [2.24, 2.45) is 0 Å². The third kappa shape index (κ3) is 2.03. The minimum Gasteiger partial charge on any atom is -0.384 e. The fraction of sp³-hybridized carbons (Fsp3) is 0. The van der Waals surface area contributed by atoms with Crippen LogP contribution in [0.5, 0.6) is 0 Å². The van der Waals surface area contributed by atoms with Crippen molar-refractivity contribution in [3.05, 3.63) is 45.8 Å². The molecule has 0 bridgehead atoms. The molecule has 0 saturated carbocycles. The number of nitrogens with two attached hydrogens (primary N) is 1. The number of hydrogen-bond acceptors (Lipinski definition) is 2. The van der Waals surface area contributed by atoms with E-state index in [9.17, 15) is 4.39 Å². The van der Waals surface area contributed by atoms with Gasteiger partial charge in [-0.15, -0.1) is 0 Å². The Balaban J connectivity index is 2.61. The summed E-state index contributed by atoms with van der Waals surface area (Å²) < 4.78 is 14.4. The highest BCUT2D eigenvalue weighted by Gasteiger charge is 2.11. The van der Waals surface area contributed by atoms with Crippen LogP contribution in [-0.2, 0) is 0 Å². The Morgan fingerprint density at radius 1 is 1.31 bits per heavy atom. The lowest BCUT2D eigenvalue weighted by Crippen LogP contribution is -1.91. The zero-order valence-corrected chi connectivity index (χ0v) is 10.4. The van der Waals surface area contributed by atoms with Gasteiger partial charge in [0, 0.05) is 16.2 Å². The Hall–Kier alpha value is -1.13. The molecule has 0 aliphatic rings. The first-order valence-corrected chi connectivity index (χ1v) is 5.62. The van der Waals surface area contributed by atoms with E-state index in [0.717, 1.165) is 0 Å². The van der Waals surface area contributed by atoms with Gasteiger partial charge in [0.15, 0.2) is 5.82 Å². The predicted molar refractivity (Wildman–Crippen MR) is 66.8 cm³/mol. The lowest BCUT2D eigenvalue weighted by atomic mass is 10.1. The normalized spacial score (nSPS) is 10.4. The van der Waals surface area contributed by atoms with E-state index in [4.69, 9.17) is 17.3 Å². The quantitative estimate of drug-likeness (QED) is 0.812. The molecule has 82 valence electrons. The van der Waals surface area contributed by atoms with Gasteiger partial charge in [0.2, 0.25) is 0 Å². The van der Waals surface area contributed by atoms with Gasteiger partial charge in [-0.1, -0.05) is 17.7 Å². The van der Waals surface area contributed by atoms with Crippen LogP contribution in [0, 0.1) is 5.82 Å². The molecule has 0 spiro atoms. The van der Waals surface area contributed by atoms with Crippen molar-refractivity contribution < 1.29 is 4.39 Å². The minimum absolute atomic E-state index is 0.0629. The second-order valence-corrected chi connectivity index (χ2v) is 4.42. The molecule has 2 aromatic rings. The molecule has 2 nitrogen and oxygen atoms in total. The number of benzene rings is 1. The fourth-order valence-electron chi connectivity index (χ4n) is 1.36. The molecule has 2 N–H and O–H groups in total. The Morgan fingerprint density at radius 2 is 2.06 bits per heavy atom.